The van der Waals surface area contributed by atoms with Gasteiger partial charge in [-0.25, -0.2) is 9.78 Å². The molecule has 1 amide bonds. The van der Waals surface area contributed by atoms with Crippen molar-refractivity contribution in [3.05, 3.63) is 63.2 Å². The van der Waals surface area contributed by atoms with Crippen molar-refractivity contribution < 1.29 is 13.6 Å². The molecule has 0 atom stereocenters. The van der Waals surface area contributed by atoms with Crippen LogP contribution in [0.4, 0.5) is 0 Å². The second-order valence-corrected chi connectivity index (χ2v) is 7.88. The predicted octanol–water partition coefficient (Wildman–Crippen LogP) is 3.48. The molecule has 6 nitrogen and oxygen atoms in total. The van der Waals surface area contributed by atoms with Crippen LogP contribution in [-0.4, -0.2) is 22.3 Å². The molecule has 144 valence electrons. The topological polar surface area (TPSA) is 76.6 Å². The van der Waals surface area contributed by atoms with E-state index < -0.39 is 5.63 Å². The van der Waals surface area contributed by atoms with Crippen LogP contribution < -0.4 is 5.63 Å². The number of carbonyl (C=O) groups excluding carboxylic acids is 1. The van der Waals surface area contributed by atoms with Gasteiger partial charge in [0, 0.05) is 30.3 Å². The summed E-state index contributed by atoms with van der Waals surface area (Å²) < 4.78 is 11.2. The number of benzene rings is 1. The van der Waals surface area contributed by atoms with Crippen LogP contribution in [0.1, 0.15) is 53.7 Å². The molecule has 3 heterocycles. The molecule has 0 radical (unpaired) electrons. The average Bonchev–Trinajstić information content (AvgIpc) is 3.01. The van der Waals surface area contributed by atoms with Crippen LogP contribution in [0.25, 0.3) is 11.0 Å². The van der Waals surface area contributed by atoms with Crippen LogP contribution in [0.15, 0.2) is 37.9 Å². The summed E-state index contributed by atoms with van der Waals surface area (Å²) in [5.41, 5.74) is 2.70. The number of oxazole rings is 1. The van der Waals surface area contributed by atoms with Gasteiger partial charge in [-0.05, 0) is 37.0 Å². The maximum Gasteiger partial charge on any atom is 0.336 e. The van der Waals surface area contributed by atoms with Crippen LogP contribution >= 0.6 is 0 Å². The largest absolute Gasteiger partial charge is 0.445 e. The van der Waals surface area contributed by atoms with Crippen molar-refractivity contribution in [2.45, 2.75) is 51.5 Å². The highest BCUT2D eigenvalue weighted by molar-refractivity contribution is 5.87. The lowest BCUT2D eigenvalue weighted by Crippen LogP contribution is -2.36. The van der Waals surface area contributed by atoms with E-state index in [9.17, 15) is 9.59 Å². The molecule has 1 aromatic carbocycles. The van der Waals surface area contributed by atoms with E-state index in [1.165, 1.54) is 12.5 Å². The van der Waals surface area contributed by atoms with Crippen LogP contribution in [0.2, 0.25) is 0 Å². The molecule has 0 unspecified atom stereocenters. The van der Waals surface area contributed by atoms with Gasteiger partial charge in [-0.1, -0.05) is 18.6 Å². The minimum Gasteiger partial charge on any atom is -0.445 e. The highest BCUT2D eigenvalue weighted by atomic mass is 16.4. The van der Waals surface area contributed by atoms with E-state index in [2.05, 4.69) is 4.98 Å². The van der Waals surface area contributed by atoms with E-state index in [1.54, 1.807) is 0 Å². The van der Waals surface area contributed by atoms with E-state index >= 15 is 0 Å². The number of hydrogen-bond donors (Lipinski definition) is 0. The molecule has 1 fully saturated rings. The zero-order valence-corrected chi connectivity index (χ0v) is 15.9. The first-order chi connectivity index (χ1) is 13.6. The quantitative estimate of drug-likeness (QED) is 0.652. The smallest absolute Gasteiger partial charge is 0.336 e. The van der Waals surface area contributed by atoms with Gasteiger partial charge in [-0.15, -0.1) is 0 Å². The Bertz CT molecular complexity index is 1120. The molecule has 2 aromatic heterocycles. The minimum atomic E-state index is -0.427. The first kappa shape index (κ1) is 17.2. The zero-order chi connectivity index (χ0) is 19.3. The van der Waals surface area contributed by atoms with Crippen molar-refractivity contribution in [1.82, 2.24) is 9.88 Å². The van der Waals surface area contributed by atoms with Crippen molar-refractivity contribution >= 4 is 16.9 Å². The van der Waals surface area contributed by atoms with Gasteiger partial charge in [0.15, 0.2) is 5.89 Å². The van der Waals surface area contributed by atoms with Gasteiger partial charge in [-0.2, -0.15) is 0 Å². The summed E-state index contributed by atoms with van der Waals surface area (Å²) in [7, 11) is 0. The second kappa shape index (κ2) is 6.62. The number of fused-ring (bicyclic) bond motifs is 2. The van der Waals surface area contributed by atoms with Gasteiger partial charge < -0.3 is 13.7 Å². The molecule has 1 aliphatic carbocycles. The molecular formula is C22H22N2O4. The van der Waals surface area contributed by atoms with Gasteiger partial charge in [0.25, 0.3) is 0 Å². The summed E-state index contributed by atoms with van der Waals surface area (Å²) >= 11 is 0. The maximum absolute atomic E-state index is 12.9. The molecule has 3 aromatic rings. The number of aryl methyl sites for hydroxylation is 1. The molecule has 0 spiro atoms. The first-order valence-corrected chi connectivity index (χ1v) is 9.86. The monoisotopic (exact) mass is 378 g/mol. The molecule has 1 saturated carbocycles. The zero-order valence-electron chi connectivity index (χ0n) is 15.9. The standard InChI is InChI=1S/C22H22N2O4/c1-13-5-6-16-15(11-21(26)27-19(16)9-13)10-20(25)24-8-7-18-17(12-24)23-22(28-18)14-3-2-4-14/h5-6,9,11,14H,2-4,7-8,10,12H2,1H3. The third-order valence-corrected chi connectivity index (χ3v) is 5.88. The number of carbonyl (C=O) groups is 1. The number of rotatable bonds is 3. The van der Waals surface area contributed by atoms with Gasteiger partial charge in [0.1, 0.15) is 17.0 Å². The third kappa shape index (κ3) is 3.03. The molecule has 0 bridgehead atoms. The van der Waals surface area contributed by atoms with Gasteiger partial charge in [0.05, 0.1) is 13.0 Å². The summed E-state index contributed by atoms with van der Waals surface area (Å²) in [6.45, 7) is 3.03. The van der Waals surface area contributed by atoms with Crippen LogP contribution in [0, 0.1) is 6.92 Å². The van der Waals surface area contributed by atoms with Crippen molar-refractivity contribution in [2.75, 3.05) is 6.54 Å². The SMILES string of the molecule is Cc1ccc2c(CC(=O)N3CCc4oc(C5CCC5)nc4C3)cc(=O)oc2c1. The Morgan fingerprint density at radius 3 is 2.89 bits per heavy atom. The normalized spacial score (nSPS) is 16.8. The third-order valence-electron chi connectivity index (χ3n) is 5.88. The van der Waals surface area contributed by atoms with Crippen molar-refractivity contribution in [1.29, 1.82) is 0 Å². The van der Waals surface area contributed by atoms with Gasteiger partial charge >= 0.3 is 5.63 Å². The number of aromatic nitrogens is 1. The fourth-order valence-electron chi connectivity index (χ4n) is 4.02. The maximum atomic E-state index is 12.9. The minimum absolute atomic E-state index is 0.00804. The van der Waals surface area contributed by atoms with E-state index in [0.717, 1.165) is 41.1 Å². The Kier molecular flexibility index (Phi) is 4.07. The number of hydrogen-bond acceptors (Lipinski definition) is 5. The highest BCUT2D eigenvalue weighted by Gasteiger charge is 2.30. The van der Waals surface area contributed by atoms with Crippen LogP contribution in [0.5, 0.6) is 0 Å². The van der Waals surface area contributed by atoms with Gasteiger partial charge in [-0.3, -0.25) is 4.79 Å². The fraction of sp³-hybridized carbons (Fsp3) is 0.409. The number of amides is 1. The summed E-state index contributed by atoms with van der Waals surface area (Å²) in [6, 6.07) is 7.12. The fourth-order valence-corrected chi connectivity index (χ4v) is 4.02. The van der Waals surface area contributed by atoms with Crippen LogP contribution in [0.3, 0.4) is 0 Å². The Labute approximate surface area is 162 Å². The van der Waals surface area contributed by atoms with E-state index in [0.29, 0.717) is 36.6 Å². The molecular weight excluding hydrogens is 356 g/mol. The molecule has 0 N–H and O–H groups in total. The molecule has 2 aliphatic rings. The molecule has 28 heavy (non-hydrogen) atoms. The molecule has 6 heteroatoms. The van der Waals surface area contributed by atoms with Gasteiger partial charge in [0.2, 0.25) is 5.91 Å². The summed E-state index contributed by atoms with van der Waals surface area (Å²) in [5, 5.41) is 0.810. The Morgan fingerprint density at radius 2 is 2.11 bits per heavy atom. The van der Waals surface area contributed by atoms with E-state index in [4.69, 9.17) is 8.83 Å². The lowest BCUT2D eigenvalue weighted by Gasteiger charge is -2.25. The molecule has 0 saturated heterocycles. The van der Waals surface area contributed by atoms with E-state index in [-0.39, 0.29) is 12.3 Å². The first-order valence-electron chi connectivity index (χ1n) is 9.86. The highest BCUT2D eigenvalue weighted by Crippen LogP contribution is 2.37. The number of nitrogens with zero attached hydrogens (tertiary/aromatic N) is 2. The average molecular weight is 378 g/mol. The summed E-state index contributed by atoms with van der Waals surface area (Å²) in [5.74, 6) is 2.21. The van der Waals surface area contributed by atoms with Crippen molar-refractivity contribution in [2.24, 2.45) is 0 Å². The summed E-state index contributed by atoms with van der Waals surface area (Å²) in [6.07, 6.45) is 4.39. The molecule has 5 rings (SSSR count). The Balaban J connectivity index is 1.37. The second-order valence-electron chi connectivity index (χ2n) is 7.88. The lowest BCUT2D eigenvalue weighted by atomic mass is 9.85. The lowest BCUT2D eigenvalue weighted by molar-refractivity contribution is -0.131. The molecule has 1 aliphatic heterocycles. The Hall–Kier alpha value is -2.89. The Morgan fingerprint density at radius 1 is 1.25 bits per heavy atom. The van der Waals surface area contributed by atoms with Crippen LogP contribution in [-0.2, 0) is 24.2 Å². The summed E-state index contributed by atoms with van der Waals surface area (Å²) in [4.78, 5) is 31.3. The van der Waals surface area contributed by atoms with E-state index in [1.807, 2.05) is 30.0 Å². The van der Waals surface area contributed by atoms with Crippen molar-refractivity contribution in [3.8, 4) is 0 Å². The predicted molar refractivity (Wildman–Crippen MR) is 103 cm³/mol. The van der Waals surface area contributed by atoms with Crippen molar-refractivity contribution in [3.63, 3.8) is 0 Å².